The number of carbonyl (C=O) groups excluding carboxylic acids is 1. The number of piperidine rings is 1. The van der Waals surface area contributed by atoms with Crippen LogP contribution in [0.15, 0.2) is 52.4 Å². The van der Waals surface area contributed by atoms with Crippen molar-refractivity contribution >= 4 is 41.8 Å². The van der Waals surface area contributed by atoms with E-state index in [-0.39, 0.29) is 12.4 Å². The highest BCUT2D eigenvalue weighted by Crippen LogP contribution is 2.47. The van der Waals surface area contributed by atoms with Gasteiger partial charge in [-0.05, 0) is 43.0 Å². The Morgan fingerprint density at radius 2 is 2.04 bits per heavy atom. The van der Waals surface area contributed by atoms with Crippen molar-refractivity contribution in [3.05, 3.63) is 42.6 Å². The lowest BCUT2D eigenvalue weighted by Crippen LogP contribution is -2.40. The van der Waals surface area contributed by atoms with E-state index in [0.29, 0.717) is 11.7 Å². The number of rotatable bonds is 1. The molecule has 4 rings (SSSR count). The third kappa shape index (κ3) is 3.61. The van der Waals surface area contributed by atoms with Crippen molar-refractivity contribution in [1.82, 2.24) is 10.0 Å². The first kappa shape index (κ1) is 18.0. The van der Waals surface area contributed by atoms with Crippen molar-refractivity contribution in [2.45, 2.75) is 29.6 Å². The highest BCUT2D eigenvalue weighted by molar-refractivity contribution is 7.99. The largest absolute Gasteiger partial charge is 0.439 e. The lowest BCUT2D eigenvalue weighted by Gasteiger charge is -2.33. The summed E-state index contributed by atoms with van der Waals surface area (Å²) in [4.78, 5) is 26.6. The van der Waals surface area contributed by atoms with E-state index in [4.69, 9.17) is 4.84 Å². The normalized spacial score (nSPS) is 19.4. The molecule has 0 spiro atoms. The summed E-state index contributed by atoms with van der Waals surface area (Å²) in [5.74, 6) is 1.18. The molecule has 7 heteroatoms. The summed E-state index contributed by atoms with van der Waals surface area (Å²) in [6.45, 7) is 3.75. The molecular formula is C18H20ClN3O2S. The van der Waals surface area contributed by atoms with Crippen LogP contribution in [0.4, 0.5) is 16.3 Å². The van der Waals surface area contributed by atoms with Gasteiger partial charge >= 0.3 is 6.09 Å². The summed E-state index contributed by atoms with van der Waals surface area (Å²) < 4.78 is 0. The molecule has 2 aliphatic heterocycles. The Morgan fingerprint density at radius 1 is 1.24 bits per heavy atom. The molecule has 2 aromatic rings. The van der Waals surface area contributed by atoms with Gasteiger partial charge in [-0.2, -0.15) is 0 Å². The van der Waals surface area contributed by atoms with Gasteiger partial charge in [-0.3, -0.25) is 0 Å². The molecular weight excluding hydrogens is 358 g/mol. The van der Waals surface area contributed by atoms with Crippen molar-refractivity contribution in [1.29, 1.82) is 0 Å². The standard InChI is InChI=1S/C18H19N3O2S.ClH/c1-13-6-5-11-20(12-13)23-18(22)21-14-7-2-3-8-15(14)24-16-9-4-10-19-17(16)21;/h2-4,7-10,13H,5-6,11-12H2,1H3;1H. The SMILES string of the molecule is CC1CCCN(OC(=O)N2c3ccccc3Sc3cccnc32)C1.Cl. The van der Waals surface area contributed by atoms with Gasteiger partial charge in [0.05, 0.1) is 10.6 Å². The number of benzene rings is 1. The number of carbonyl (C=O) groups is 1. The number of nitrogens with zero attached hydrogens (tertiary/aromatic N) is 3. The quantitative estimate of drug-likeness (QED) is 0.708. The summed E-state index contributed by atoms with van der Waals surface area (Å²) in [5, 5.41) is 1.78. The monoisotopic (exact) mass is 377 g/mol. The van der Waals surface area contributed by atoms with Crippen LogP contribution in [0.3, 0.4) is 0 Å². The van der Waals surface area contributed by atoms with Crippen LogP contribution < -0.4 is 4.90 Å². The van der Waals surface area contributed by atoms with Crippen molar-refractivity contribution in [2.24, 2.45) is 5.92 Å². The molecule has 2 aliphatic rings. The molecule has 1 aromatic carbocycles. The number of aromatic nitrogens is 1. The smallest absolute Gasteiger partial charge is 0.350 e. The molecule has 0 N–H and O–H groups in total. The van der Waals surface area contributed by atoms with Crippen molar-refractivity contribution in [3.8, 4) is 0 Å². The zero-order valence-corrected chi connectivity index (χ0v) is 15.6. The Labute approximate surface area is 157 Å². The summed E-state index contributed by atoms with van der Waals surface area (Å²) in [7, 11) is 0. The van der Waals surface area contributed by atoms with E-state index in [1.54, 1.807) is 27.9 Å². The number of hydrogen-bond donors (Lipinski definition) is 0. The maximum Gasteiger partial charge on any atom is 0.439 e. The molecule has 0 aliphatic carbocycles. The molecule has 1 fully saturated rings. The van der Waals surface area contributed by atoms with Crippen molar-refractivity contribution in [2.75, 3.05) is 18.0 Å². The van der Waals surface area contributed by atoms with Crippen molar-refractivity contribution in [3.63, 3.8) is 0 Å². The van der Waals surface area contributed by atoms with Crippen LogP contribution in [0.5, 0.6) is 0 Å². The minimum atomic E-state index is -0.392. The first-order chi connectivity index (χ1) is 11.7. The van der Waals surface area contributed by atoms with Crippen LogP contribution >= 0.6 is 24.2 Å². The molecule has 3 heterocycles. The summed E-state index contributed by atoms with van der Waals surface area (Å²) >= 11 is 1.62. The van der Waals surface area contributed by atoms with E-state index >= 15 is 0 Å². The maximum absolute atomic E-state index is 12.9. The molecule has 1 saturated heterocycles. The Kier molecular flexibility index (Phi) is 5.51. The highest BCUT2D eigenvalue weighted by atomic mass is 35.5. The zero-order valence-electron chi connectivity index (χ0n) is 13.9. The topological polar surface area (TPSA) is 45.7 Å². The molecule has 5 nitrogen and oxygen atoms in total. The van der Waals surface area contributed by atoms with Crippen LogP contribution in [0.1, 0.15) is 19.8 Å². The number of halogens is 1. The Bertz CT molecular complexity index is 728. The van der Waals surface area contributed by atoms with Gasteiger partial charge in [-0.1, -0.05) is 30.8 Å². The second-order valence-corrected chi connectivity index (χ2v) is 7.31. The average molecular weight is 378 g/mol. The first-order valence-electron chi connectivity index (χ1n) is 8.21. The minimum Gasteiger partial charge on any atom is -0.350 e. The van der Waals surface area contributed by atoms with Gasteiger partial charge < -0.3 is 4.84 Å². The van der Waals surface area contributed by atoms with E-state index in [0.717, 1.165) is 35.0 Å². The van der Waals surface area contributed by atoms with Gasteiger partial charge in [-0.25, -0.2) is 14.7 Å². The van der Waals surface area contributed by atoms with E-state index in [9.17, 15) is 4.79 Å². The first-order valence-corrected chi connectivity index (χ1v) is 9.03. The molecule has 1 amide bonds. The van der Waals surface area contributed by atoms with Gasteiger partial charge in [0.15, 0.2) is 5.82 Å². The summed E-state index contributed by atoms with van der Waals surface area (Å²) in [6.07, 6.45) is 3.55. The number of para-hydroxylation sites is 1. The van der Waals surface area contributed by atoms with Crippen molar-refractivity contribution < 1.29 is 9.63 Å². The van der Waals surface area contributed by atoms with E-state index in [1.807, 2.05) is 36.4 Å². The lowest BCUT2D eigenvalue weighted by molar-refractivity contribution is -0.118. The Hall–Kier alpha value is -1.76. The van der Waals surface area contributed by atoms with Crippen LogP contribution in [-0.4, -0.2) is 29.2 Å². The highest BCUT2D eigenvalue weighted by Gasteiger charge is 2.32. The number of hydrogen-bond acceptors (Lipinski definition) is 5. The molecule has 25 heavy (non-hydrogen) atoms. The predicted molar refractivity (Wildman–Crippen MR) is 101 cm³/mol. The maximum atomic E-state index is 12.9. The van der Waals surface area contributed by atoms with Gasteiger partial charge in [0.2, 0.25) is 0 Å². The van der Waals surface area contributed by atoms with E-state index in [2.05, 4.69) is 11.9 Å². The lowest BCUT2D eigenvalue weighted by atomic mass is 10.0. The minimum absolute atomic E-state index is 0. The molecule has 0 bridgehead atoms. The predicted octanol–water partition coefficient (Wildman–Crippen LogP) is 4.89. The van der Waals surface area contributed by atoms with Gasteiger partial charge in [0, 0.05) is 24.2 Å². The number of pyridine rings is 1. The molecule has 132 valence electrons. The average Bonchev–Trinajstić information content (AvgIpc) is 2.59. The molecule has 0 saturated carbocycles. The van der Waals surface area contributed by atoms with Gasteiger partial charge in [-0.15, -0.1) is 17.5 Å². The second-order valence-electron chi connectivity index (χ2n) is 6.22. The fraction of sp³-hybridized carbons (Fsp3) is 0.333. The van der Waals surface area contributed by atoms with Crippen LogP contribution in [0.2, 0.25) is 0 Å². The third-order valence-electron chi connectivity index (χ3n) is 4.30. The fourth-order valence-corrected chi connectivity index (χ4v) is 4.19. The van der Waals surface area contributed by atoms with Crippen LogP contribution in [0, 0.1) is 5.92 Å². The molecule has 1 aromatic heterocycles. The summed E-state index contributed by atoms with van der Waals surface area (Å²) in [6, 6.07) is 11.7. The zero-order chi connectivity index (χ0) is 16.5. The molecule has 0 radical (unpaired) electrons. The number of amides is 1. The Balaban J connectivity index is 0.00000182. The molecule has 1 atom stereocenters. The fourth-order valence-electron chi connectivity index (χ4n) is 3.16. The van der Waals surface area contributed by atoms with Crippen LogP contribution in [-0.2, 0) is 4.84 Å². The second kappa shape index (κ2) is 7.64. The summed E-state index contributed by atoms with van der Waals surface area (Å²) in [5.41, 5.74) is 0.823. The van der Waals surface area contributed by atoms with E-state index < -0.39 is 6.09 Å². The number of fused-ring (bicyclic) bond motifs is 2. The number of hydroxylamine groups is 2. The van der Waals surface area contributed by atoms with Gasteiger partial charge in [0.1, 0.15) is 0 Å². The Morgan fingerprint density at radius 3 is 2.88 bits per heavy atom. The number of anilines is 2. The molecule has 1 unspecified atom stereocenters. The third-order valence-corrected chi connectivity index (χ3v) is 5.40. The van der Waals surface area contributed by atoms with E-state index in [1.165, 1.54) is 6.42 Å². The van der Waals surface area contributed by atoms with Crippen LogP contribution in [0.25, 0.3) is 0 Å². The van der Waals surface area contributed by atoms with Gasteiger partial charge in [0.25, 0.3) is 0 Å².